The lowest BCUT2D eigenvalue weighted by atomic mass is 9.96. The van der Waals surface area contributed by atoms with Gasteiger partial charge in [0.1, 0.15) is 0 Å². The highest BCUT2D eigenvalue weighted by Crippen LogP contribution is 3.54. The summed E-state index contributed by atoms with van der Waals surface area (Å²) in [6, 6.07) is 0. The van der Waals surface area contributed by atoms with E-state index in [0.29, 0.717) is 21.7 Å². The first-order valence-electron chi connectivity index (χ1n) is 12.6. The highest BCUT2D eigenvalue weighted by molar-refractivity contribution is 8.76. The van der Waals surface area contributed by atoms with Crippen molar-refractivity contribution in [2.45, 2.75) is 107 Å². The zero-order chi connectivity index (χ0) is 23.4. The van der Waals surface area contributed by atoms with Crippen LogP contribution in [0.25, 0.3) is 0 Å². The van der Waals surface area contributed by atoms with Crippen LogP contribution in [0.2, 0.25) is 0 Å². The third-order valence-electron chi connectivity index (χ3n) is 9.77. The zero-order valence-electron chi connectivity index (χ0n) is 22.1. The van der Waals surface area contributed by atoms with Gasteiger partial charge in [-0.05, 0) is 36.9 Å². The highest BCUT2D eigenvalue weighted by atomic mass is 32.2. The lowest BCUT2D eigenvalue weighted by molar-refractivity contribution is 0.322. The van der Waals surface area contributed by atoms with Gasteiger partial charge >= 0.3 is 0 Å². The van der Waals surface area contributed by atoms with Crippen molar-refractivity contribution in [3.63, 3.8) is 0 Å². The molecule has 0 N–H and O–H groups in total. The maximum absolute atomic E-state index is 2.73. The minimum atomic E-state index is 0.152. The molecule has 0 saturated carbocycles. The van der Waals surface area contributed by atoms with Crippen molar-refractivity contribution >= 4 is 46.3 Å². The summed E-state index contributed by atoms with van der Waals surface area (Å²) in [5.41, 5.74) is 2.09. The Labute approximate surface area is 204 Å². The molecule has 7 aliphatic heterocycles. The summed E-state index contributed by atoms with van der Waals surface area (Å²) in [6.07, 6.45) is 10.1. The van der Waals surface area contributed by atoms with Gasteiger partial charge in [-0.2, -0.15) is 0 Å². The molecule has 7 fully saturated rings. The van der Waals surface area contributed by atoms with Crippen molar-refractivity contribution in [2.24, 2.45) is 27.6 Å². The molecule has 0 aromatic carbocycles. The Balaban J connectivity index is 1.60. The molecule has 0 spiro atoms. The summed E-state index contributed by atoms with van der Waals surface area (Å²) in [6.45, 7) is 32.7. The Morgan fingerprint density at radius 3 is 1.09 bits per heavy atom. The Bertz CT molecular complexity index is 927. The van der Waals surface area contributed by atoms with E-state index in [1.165, 1.54) is 0 Å². The number of hydrogen-bond acceptors (Lipinski definition) is 0. The van der Waals surface area contributed by atoms with Crippen molar-refractivity contribution in [3.05, 3.63) is 24.3 Å². The van der Waals surface area contributed by atoms with Crippen LogP contribution in [0.1, 0.15) is 83.1 Å². The molecule has 176 valence electrons. The third-order valence-corrected chi connectivity index (χ3v) is 60.0. The van der Waals surface area contributed by atoms with Gasteiger partial charge in [0, 0.05) is 29.9 Å². The second-order valence-electron chi connectivity index (χ2n) is 15.3. The van der Waals surface area contributed by atoms with Crippen molar-refractivity contribution in [1.82, 2.24) is 0 Å². The Kier molecular flexibility index (Phi) is 4.04. The van der Waals surface area contributed by atoms with Crippen LogP contribution in [0, 0.1) is 27.6 Å². The molecule has 7 heterocycles. The van der Waals surface area contributed by atoms with Crippen molar-refractivity contribution in [3.8, 4) is 0 Å². The second-order valence-corrected chi connectivity index (χ2v) is 38.0. The molecule has 1 aliphatic carbocycles. The molecule has 0 aromatic rings. The van der Waals surface area contributed by atoms with Crippen molar-refractivity contribution in [1.29, 1.82) is 0 Å². The van der Waals surface area contributed by atoms with E-state index in [2.05, 4.69) is 107 Å². The summed E-state index contributed by atoms with van der Waals surface area (Å²) in [5.74, 6) is 0.798. The monoisotopic (exact) mass is 540 g/mol. The van der Waals surface area contributed by atoms with E-state index in [4.69, 9.17) is 0 Å². The molecule has 7 saturated heterocycles. The molecule has 6 heteroatoms. The molecule has 2 bridgehead atoms. The summed E-state index contributed by atoms with van der Waals surface area (Å²) >= 11 is 0. The van der Waals surface area contributed by atoms with Gasteiger partial charge in [-0.15, -0.1) is 0 Å². The van der Waals surface area contributed by atoms with Crippen LogP contribution in [-0.4, -0.2) is 24.0 Å². The Hall–Kier alpha value is 2.06. The van der Waals surface area contributed by atoms with Crippen LogP contribution in [0.5, 0.6) is 0 Å². The molecule has 8 aliphatic rings. The quantitative estimate of drug-likeness (QED) is 0.290. The molecule has 0 aromatic heterocycles. The van der Waals surface area contributed by atoms with E-state index in [9.17, 15) is 0 Å². The summed E-state index contributed by atoms with van der Waals surface area (Å²) in [5, 5.41) is 1.10. The van der Waals surface area contributed by atoms with Crippen LogP contribution in [-0.2, 0) is 0 Å². The molecule has 8 rings (SSSR count). The van der Waals surface area contributed by atoms with Crippen LogP contribution in [0.4, 0.5) is 0 Å². The average Bonchev–Trinajstić information content (AvgIpc) is 3.11. The van der Waals surface area contributed by atoms with E-state index < -0.39 is 0 Å². The maximum Gasteiger partial charge on any atom is 0.0472 e. The highest BCUT2D eigenvalue weighted by Gasteiger charge is 3.16. The van der Waals surface area contributed by atoms with E-state index in [-0.39, 0.29) is 46.3 Å². The third kappa shape index (κ3) is 1.65. The molecule has 0 nitrogen and oxygen atoms in total. The van der Waals surface area contributed by atoms with Crippen LogP contribution >= 0.6 is 46.3 Å². The topological polar surface area (TPSA) is 0 Å². The lowest BCUT2D eigenvalue weighted by Gasteiger charge is -2.90. The molecule has 6 atom stereocenters. The number of rotatable bonds is 1. The second kappa shape index (κ2) is 5.58. The van der Waals surface area contributed by atoms with Gasteiger partial charge < -0.3 is 0 Å². The van der Waals surface area contributed by atoms with Gasteiger partial charge in [0.05, 0.1) is 0 Å². The van der Waals surface area contributed by atoms with Crippen LogP contribution in [0.15, 0.2) is 24.3 Å². The standard InChI is InChI=1S/C26H42P6/c1-19(2,3)23-27-18(17-15-13-14-16-17)28-24(20(4,5)6)30-25(31(23)28,21(7,8)9)29(23)26(30,32(24)27)22(10,11)12/h13-18H,1-12H3. The lowest BCUT2D eigenvalue weighted by Crippen LogP contribution is -2.72. The minimum Gasteiger partial charge on any atom is -0.0766 e. The van der Waals surface area contributed by atoms with E-state index >= 15 is 0 Å². The molecule has 0 radical (unpaired) electrons. The normalized spacial score (nSPS) is 58.4. The summed E-state index contributed by atoms with van der Waals surface area (Å²) in [4.78, 5) is 0. The van der Waals surface area contributed by atoms with Crippen LogP contribution in [0.3, 0.4) is 0 Å². The smallest absolute Gasteiger partial charge is 0.0472 e. The first-order valence-corrected chi connectivity index (χ1v) is 22.2. The molecular formula is C26H42P6. The SMILES string of the molecule is CC(C)(C)C12P3C(C4C=CC=C4)P4P1C1(C(C)(C)C)P2C2(C(C)(C)C)P3C4(C(C)(C)C)P12. The predicted molar refractivity (Wildman–Crippen MR) is 156 cm³/mol. The fourth-order valence-corrected chi connectivity index (χ4v) is 95.7. The van der Waals surface area contributed by atoms with E-state index in [0.717, 1.165) is 29.9 Å². The largest absolute Gasteiger partial charge is 0.0766 e. The Morgan fingerprint density at radius 1 is 0.500 bits per heavy atom. The first-order chi connectivity index (χ1) is 14.4. The van der Waals surface area contributed by atoms with Gasteiger partial charge in [0.25, 0.3) is 0 Å². The summed E-state index contributed by atoms with van der Waals surface area (Å²) in [7, 11) is 1.04. The number of allylic oxidation sites excluding steroid dienone is 4. The Morgan fingerprint density at radius 2 is 0.812 bits per heavy atom. The summed E-state index contributed by atoms with van der Waals surface area (Å²) < 4.78 is 3.29. The van der Waals surface area contributed by atoms with Crippen LogP contribution < -0.4 is 0 Å². The molecular weight excluding hydrogens is 498 g/mol. The molecule has 0 amide bonds. The fourth-order valence-electron chi connectivity index (χ4n) is 9.31. The van der Waals surface area contributed by atoms with Crippen molar-refractivity contribution in [2.75, 3.05) is 0 Å². The van der Waals surface area contributed by atoms with Gasteiger partial charge in [0.2, 0.25) is 0 Å². The van der Waals surface area contributed by atoms with Gasteiger partial charge in [0.15, 0.2) is 0 Å². The maximum atomic E-state index is 2.73. The van der Waals surface area contributed by atoms with Gasteiger partial charge in [-0.25, -0.2) is 0 Å². The van der Waals surface area contributed by atoms with Crippen molar-refractivity contribution < 1.29 is 0 Å². The molecule has 32 heavy (non-hydrogen) atoms. The predicted octanol–water partition coefficient (Wildman–Crippen LogP) is 11.7. The minimum absolute atomic E-state index is 0.152. The van der Waals surface area contributed by atoms with Gasteiger partial charge in [-0.3, -0.25) is 0 Å². The fraction of sp³-hybridized carbons (Fsp3) is 0.846. The van der Waals surface area contributed by atoms with Gasteiger partial charge in [-0.1, -0.05) is 138 Å². The molecule has 6 unspecified atom stereocenters. The van der Waals surface area contributed by atoms with E-state index in [1.807, 2.05) is 0 Å². The average molecular weight is 540 g/mol. The zero-order valence-corrected chi connectivity index (χ0v) is 27.5. The first kappa shape index (κ1) is 23.2. The number of hydrogen-bond donors (Lipinski definition) is 0. The van der Waals surface area contributed by atoms with E-state index in [1.54, 1.807) is 0 Å².